The second-order valence-electron chi connectivity index (χ2n) is 4.21. The van der Waals surface area contributed by atoms with Gasteiger partial charge in [0.2, 0.25) is 5.09 Å². The van der Waals surface area contributed by atoms with Gasteiger partial charge in [-0.2, -0.15) is 8.42 Å². The van der Waals surface area contributed by atoms with Crippen molar-refractivity contribution in [1.82, 2.24) is 0 Å². The predicted molar refractivity (Wildman–Crippen MR) is 75.1 cm³/mol. The summed E-state index contributed by atoms with van der Waals surface area (Å²) in [6, 6.07) is 7.91. The summed E-state index contributed by atoms with van der Waals surface area (Å²) >= 11 is 0. The topological polar surface area (TPSA) is 94.6 Å². The SMILES string of the molecule is COc1ccc(NS(=O)(=O)c2ccc(CN)o2)cc1C. The fraction of sp³-hybridized carbons (Fsp3) is 0.231. The predicted octanol–water partition coefficient (Wildman–Crippen LogP) is 1.86. The van der Waals surface area contributed by atoms with Gasteiger partial charge >= 0.3 is 0 Å². The Morgan fingerprint density at radius 2 is 2.05 bits per heavy atom. The Balaban J connectivity index is 2.26. The quantitative estimate of drug-likeness (QED) is 0.878. The Labute approximate surface area is 117 Å². The molecule has 1 aromatic carbocycles. The van der Waals surface area contributed by atoms with Gasteiger partial charge in [0.1, 0.15) is 11.5 Å². The highest BCUT2D eigenvalue weighted by molar-refractivity contribution is 7.92. The Morgan fingerprint density at radius 3 is 2.60 bits per heavy atom. The molecule has 6 nitrogen and oxygen atoms in total. The van der Waals surface area contributed by atoms with Crippen LogP contribution in [-0.4, -0.2) is 15.5 Å². The molecular formula is C13H16N2O4S. The molecule has 0 saturated carbocycles. The number of aryl methyl sites for hydroxylation is 1. The van der Waals surface area contributed by atoms with Crippen LogP contribution in [0.2, 0.25) is 0 Å². The van der Waals surface area contributed by atoms with Crippen LogP contribution in [0.3, 0.4) is 0 Å². The van der Waals surface area contributed by atoms with E-state index < -0.39 is 10.0 Å². The first-order valence-corrected chi connectivity index (χ1v) is 7.41. The van der Waals surface area contributed by atoms with Crippen molar-refractivity contribution >= 4 is 15.7 Å². The lowest BCUT2D eigenvalue weighted by atomic mass is 10.2. The average molecular weight is 296 g/mol. The van der Waals surface area contributed by atoms with E-state index in [1.54, 1.807) is 25.3 Å². The minimum absolute atomic E-state index is 0.150. The smallest absolute Gasteiger partial charge is 0.295 e. The van der Waals surface area contributed by atoms with Gasteiger partial charge in [0.05, 0.1) is 13.7 Å². The van der Waals surface area contributed by atoms with Crippen molar-refractivity contribution in [2.45, 2.75) is 18.6 Å². The highest BCUT2D eigenvalue weighted by Gasteiger charge is 2.19. The number of rotatable bonds is 5. The Morgan fingerprint density at radius 1 is 1.30 bits per heavy atom. The van der Waals surface area contributed by atoms with Crippen molar-refractivity contribution in [3.8, 4) is 5.75 Å². The van der Waals surface area contributed by atoms with E-state index in [4.69, 9.17) is 14.9 Å². The number of furan rings is 1. The number of hydrogen-bond acceptors (Lipinski definition) is 5. The van der Waals surface area contributed by atoms with Gasteiger partial charge in [-0.3, -0.25) is 4.72 Å². The van der Waals surface area contributed by atoms with Crippen LogP contribution in [-0.2, 0) is 16.6 Å². The van der Waals surface area contributed by atoms with Crippen LogP contribution in [0.25, 0.3) is 0 Å². The molecule has 0 aliphatic heterocycles. The zero-order valence-electron chi connectivity index (χ0n) is 11.2. The van der Waals surface area contributed by atoms with E-state index in [0.717, 1.165) is 5.56 Å². The van der Waals surface area contributed by atoms with E-state index in [1.807, 2.05) is 6.92 Å². The summed E-state index contributed by atoms with van der Waals surface area (Å²) in [6.45, 7) is 1.98. The summed E-state index contributed by atoms with van der Waals surface area (Å²) in [5.74, 6) is 1.10. The lowest BCUT2D eigenvalue weighted by Crippen LogP contribution is -2.12. The van der Waals surface area contributed by atoms with Crippen LogP contribution in [0.4, 0.5) is 5.69 Å². The van der Waals surface area contributed by atoms with Crippen molar-refractivity contribution in [3.63, 3.8) is 0 Å². The molecule has 2 rings (SSSR count). The molecule has 0 atom stereocenters. The lowest BCUT2D eigenvalue weighted by Gasteiger charge is -2.09. The molecule has 0 radical (unpaired) electrons. The third kappa shape index (κ3) is 2.94. The average Bonchev–Trinajstić information content (AvgIpc) is 2.88. The molecule has 0 unspecified atom stereocenters. The lowest BCUT2D eigenvalue weighted by molar-refractivity contribution is 0.411. The standard InChI is InChI=1S/C13H16N2O4S/c1-9-7-10(3-5-12(9)18-2)15-20(16,17)13-6-4-11(8-14)19-13/h3-7,15H,8,14H2,1-2H3. The van der Waals surface area contributed by atoms with E-state index in [0.29, 0.717) is 17.2 Å². The molecule has 1 heterocycles. The van der Waals surface area contributed by atoms with Gasteiger partial charge in [0.25, 0.3) is 10.0 Å². The van der Waals surface area contributed by atoms with Gasteiger partial charge in [-0.15, -0.1) is 0 Å². The minimum Gasteiger partial charge on any atom is -0.496 e. The molecule has 1 aromatic heterocycles. The van der Waals surface area contributed by atoms with Crippen LogP contribution >= 0.6 is 0 Å². The van der Waals surface area contributed by atoms with Crippen LogP contribution in [0, 0.1) is 6.92 Å². The summed E-state index contributed by atoms with van der Waals surface area (Å²) in [5.41, 5.74) is 6.66. The van der Waals surface area contributed by atoms with E-state index in [-0.39, 0.29) is 11.6 Å². The van der Waals surface area contributed by atoms with Gasteiger partial charge in [0, 0.05) is 5.69 Å². The van der Waals surface area contributed by atoms with Crippen molar-refractivity contribution < 1.29 is 17.6 Å². The maximum absolute atomic E-state index is 12.1. The minimum atomic E-state index is -3.75. The molecule has 0 saturated heterocycles. The summed E-state index contributed by atoms with van der Waals surface area (Å²) in [4.78, 5) is 0. The van der Waals surface area contributed by atoms with Gasteiger partial charge in [-0.05, 0) is 42.8 Å². The van der Waals surface area contributed by atoms with Gasteiger partial charge < -0.3 is 14.9 Å². The summed E-state index contributed by atoms with van der Waals surface area (Å²) in [5, 5.41) is -0.161. The fourth-order valence-electron chi connectivity index (χ4n) is 1.76. The first-order chi connectivity index (χ1) is 9.46. The number of nitrogens with two attached hydrogens (primary N) is 1. The molecule has 108 valence electrons. The molecule has 0 spiro atoms. The first kappa shape index (κ1) is 14.4. The van der Waals surface area contributed by atoms with E-state index in [1.165, 1.54) is 12.1 Å². The van der Waals surface area contributed by atoms with Crippen LogP contribution in [0.5, 0.6) is 5.75 Å². The van der Waals surface area contributed by atoms with Crippen LogP contribution < -0.4 is 15.2 Å². The number of benzene rings is 1. The number of nitrogens with one attached hydrogen (secondary N) is 1. The van der Waals surface area contributed by atoms with Crippen molar-refractivity contribution in [2.75, 3.05) is 11.8 Å². The molecule has 0 bridgehead atoms. The maximum Gasteiger partial charge on any atom is 0.295 e. The number of hydrogen-bond donors (Lipinski definition) is 2. The van der Waals surface area contributed by atoms with Crippen LogP contribution in [0.1, 0.15) is 11.3 Å². The van der Waals surface area contributed by atoms with Crippen LogP contribution in [0.15, 0.2) is 39.8 Å². The molecule has 0 fully saturated rings. The highest BCUT2D eigenvalue weighted by atomic mass is 32.2. The number of methoxy groups -OCH3 is 1. The Hall–Kier alpha value is -1.99. The molecule has 0 amide bonds. The third-order valence-electron chi connectivity index (χ3n) is 2.75. The summed E-state index contributed by atoms with van der Waals surface area (Å²) < 4.78 is 37.0. The van der Waals surface area contributed by atoms with Gasteiger partial charge in [-0.25, -0.2) is 0 Å². The monoisotopic (exact) mass is 296 g/mol. The largest absolute Gasteiger partial charge is 0.496 e. The Kier molecular flexibility index (Phi) is 4.01. The molecule has 7 heteroatoms. The maximum atomic E-state index is 12.1. The van der Waals surface area contributed by atoms with Crippen molar-refractivity contribution in [3.05, 3.63) is 41.7 Å². The summed E-state index contributed by atoms with van der Waals surface area (Å²) in [7, 11) is -2.19. The number of anilines is 1. The van der Waals surface area contributed by atoms with Gasteiger partial charge in [0.15, 0.2) is 0 Å². The zero-order valence-corrected chi connectivity index (χ0v) is 12.0. The normalized spacial score (nSPS) is 11.3. The first-order valence-electron chi connectivity index (χ1n) is 5.92. The van der Waals surface area contributed by atoms with E-state index in [9.17, 15) is 8.42 Å². The zero-order chi connectivity index (χ0) is 14.8. The summed E-state index contributed by atoms with van der Waals surface area (Å²) in [6.07, 6.45) is 0. The number of ether oxygens (including phenoxy) is 1. The van der Waals surface area contributed by atoms with Crippen molar-refractivity contribution in [2.24, 2.45) is 5.73 Å². The molecule has 0 aliphatic rings. The molecule has 3 N–H and O–H groups in total. The highest BCUT2D eigenvalue weighted by Crippen LogP contribution is 2.24. The van der Waals surface area contributed by atoms with Crippen molar-refractivity contribution in [1.29, 1.82) is 0 Å². The second kappa shape index (κ2) is 5.56. The fourth-order valence-corrected chi connectivity index (χ4v) is 2.76. The molecule has 0 aliphatic carbocycles. The Bertz CT molecular complexity index is 707. The third-order valence-corrected chi connectivity index (χ3v) is 4.00. The number of sulfonamides is 1. The van der Waals surface area contributed by atoms with E-state index in [2.05, 4.69) is 4.72 Å². The molecular weight excluding hydrogens is 280 g/mol. The second-order valence-corrected chi connectivity index (χ2v) is 5.83. The molecule has 2 aromatic rings. The van der Waals surface area contributed by atoms with E-state index >= 15 is 0 Å². The van der Waals surface area contributed by atoms with Gasteiger partial charge in [-0.1, -0.05) is 0 Å². The molecule has 20 heavy (non-hydrogen) atoms.